The summed E-state index contributed by atoms with van der Waals surface area (Å²) in [6, 6.07) is 5.14. The lowest BCUT2D eigenvalue weighted by Crippen LogP contribution is -2.39. The number of rotatable bonds is 5. The smallest absolute Gasteiger partial charge is 0.241 e. The third-order valence-electron chi connectivity index (χ3n) is 3.19. The van der Waals surface area contributed by atoms with Gasteiger partial charge in [0.15, 0.2) is 0 Å². The Morgan fingerprint density at radius 2 is 1.89 bits per heavy atom. The molecule has 0 aromatic heterocycles. The summed E-state index contributed by atoms with van der Waals surface area (Å²) >= 11 is 0. The van der Waals surface area contributed by atoms with Gasteiger partial charge in [-0.2, -0.15) is 0 Å². The van der Waals surface area contributed by atoms with Crippen molar-refractivity contribution in [1.29, 1.82) is 0 Å². The summed E-state index contributed by atoms with van der Waals surface area (Å²) in [6.07, 6.45) is 0. The average Bonchev–Trinajstić information content (AvgIpc) is 2.26. The van der Waals surface area contributed by atoms with Gasteiger partial charge in [0.1, 0.15) is 0 Å². The SMILES string of the molecule is Cc1ccc(S(=O)(=O)NC(C)C(C)CN)c(C)c1. The highest BCUT2D eigenvalue weighted by Crippen LogP contribution is 2.17. The third-order valence-corrected chi connectivity index (χ3v) is 4.91. The molecular weight excluding hydrogens is 248 g/mol. The van der Waals surface area contributed by atoms with Crippen LogP contribution in [0.4, 0.5) is 0 Å². The van der Waals surface area contributed by atoms with Crippen LogP contribution in [0, 0.1) is 19.8 Å². The minimum Gasteiger partial charge on any atom is -0.330 e. The number of nitrogens with two attached hydrogens (primary N) is 1. The summed E-state index contributed by atoms with van der Waals surface area (Å²) in [5.41, 5.74) is 7.36. The molecule has 0 aliphatic carbocycles. The van der Waals surface area contributed by atoms with Crippen LogP contribution >= 0.6 is 0 Å². The lowest BCUT2D eigenvalue weighted by molar-refractivity contribution is 0.453. The third kappa shape index (κ3) is 3.54. The molecule has 0 fully saturated rings. The van der Waals surface area contributed by atoms with Crippen LogP contribution in [0.5, 0.6) is 0 Å². The second-order valence-electron chi connectivity index (χ2n) is 4.89. The molecule has 18 heavy (non-hydrogen) atoms. The van der Waals surface area contributed by atoms with Crippen LogP contribution < -0.4 is 10.5 Å². The topological polar surface area (TPSA) is 72.2 Å². The second-order valence-corrected chi connectivity index (χ2v) is 6.57. The van der Waals surface area contributed by atoms with E-state index in [1.807, 2.05) is 26.8 Å². The van der Waals surface area contributed by atoms with Crippen LogP contribution in [0.25, 0.3) is 0 Å². The summed E-state index contributed by atoms with van der Waals surface area (Å²) in [6.45, 7) is 7.96. The summed E-state index contributed by atoms with van der Waals surface area (Å²) in [5, 5.41) is 0. The second kappa shape index (κ2) is 5.82. The van der Waals surface area contributed by atoms with E-state index >= 15 is 0 Å². The van der Waals surface area contributed by atoms with E-state index in [2.05, 4.69) is 4.72 Å². The monoisotopic (exact) mass is 270 g/mol. The Balaban J connectivity index is 3.00. The first kappa shape index (κ1) is 15.1. The van der Waals surface area contributed by atoms with Gasteiger partial charge in [0.2, 0.25) is 10.0 Å². The molecule has 102 valence electrons. The van der Waals surface area contributed by atoms with E-state index in [0.717, 1.165) is 11.1 Å². The quantitative estimate of drug-likeness (QED) is 0.853. The first-order chi connectivity index (χ1) is 8.27. The molecule has 1 aromatic carbocycles. The van der Waals surface area contributed by atoms with Crippen LogP contribution in [0.15, 0.2) is 23.1 Å². The molecule has 3 N–H and O–H groups in total. The molecule has 0 spiro atoms. The minimum atomic E-state index is -3.47. The standard InChI is InChI=1S/C13H22N2O2S/c1-9-5-6-13(10(2)7-9)18(16,17)15-12(4)11(3)8-14/h5-7,11-12,15H,8,14H2,1-4H3. The van der Waals surface area contributed by atoms with E-state index in [4.69, 9.17) is 5.73 Å². The zero-order chi connectivity index (χ0) is 13.9. The number of hydrogen-bond donors (Lipinski definition) is 2. The Bertz CT molecular complexity index is 512. The van der Waals surface area contributed by atoms with Gasteiger partial charge in [-0.1, -0.05) is 24.6 Å². The number of benzene rings is 1. The van der Waals surface area contributed by atoms with E-state index < -0.39 is 10.0 Å². The summed E-state index contributed by atoms with van der Waals surface area (Å²) < 4.78 is 27.2. The van der Waals surface area contributed by atoms with Gasteiger partial charge in [-0.3, -0.25) is 0 Å². The van der Waals surface area contributed by atoms with Crippen LogP contribution in [0.2, 0.25) is 0 Å². The van der Waals surface area contributed by atoms with Crippen LogP contribution in [0.1, 0.15) is 25.0 Å². The van der Waals surface area contributed by atoms with Crippen molar-refractivity contribution in [3.8, 4) is 0 Å². The maximum atomic E-state index is 12.2. The largest absolute Gasteiger partial charge is 0.330 e. The zero-order valence-corrected chi connectivity index (χ0v) is 12.2. The Labute approximate surface area is 110 Å². The molecule has 0 saturated heterocycles. The first-order valence-corrected chi connectivity index (χ1v) is 7.56. The average molecular weight is 270 g/mol. The summed E-state index contributed by atoms with van der Waals surface area (Å²) in [5.74, 6) is 0.102. The van der Waals surface area contributed by atoms with E-state index in [1.54, 1.807) is 19.1 Å². The van der Waals surface area contributed by atoms with Crippen molar-refractivity contribution in [3.63, 3.8) is 0 Å². The van der Waals surface area contributed by atoms with Crippen LogP contribution in [-0.2, 0) is 10.0 Å². The molecule has 1 rings (SSSR count). The van der Waals surface area contributed by atoms with Crippen molar-refractivity contribution < 1.29 is 8.42 Å². The molecule has 0 aliphatic heterocycles. The Morgan fingerprint density at radius 1 is 1.28 bits per heavy atom. The number of hydrogen-bond acceptors (Lipinski definition) is 3. The van der Waals surface area contributed by atoms with E-state index in [9.17, 15) is 8.42 Å². The lowest BCUT2D eigenvalue weighted by atomic mass is 10.1. The van der Waals surface area contributed by atoms with E-state index in [1.165, 1.54) is 0 Å². The predicted molar refractivity (Wildman–Crippen MR) is 73.9 cm³/mol. The van der Waals surface area contributed by atoms with Crippen molar-refractivity contribution >= 4 is 10.0 Å². The van der Waals surface area contributed by atoms with Gasteiger partial charge in [0.05, 0.1) is 4.90 Å². The summed E-state index contributed by atoms with van der Waals surface area (Å²) in [7, 11) is -3.47. The predicted octanol–water partition coefficient (Wildman–Crippen LogP) is 1.57. The zero-order valence-electron chi connectivity index (χ0n) is 11.4. The molecule has 0 bridgehead atoms. The molecule has 0 saturated carbocycles. The summed E-state index contributed by atoms with van der Waals surface area (Å²) in [4.78, 5) is 0.337. The number of nitrogens with one attached hydrogen (secondary N) is 1. The van der Waals surface area contributed by atoms with Gasteiger partial charge >= 0.3 is 0 Å². The highest BCUT2D eigenvalue weighted by Gasteiger charge is 2.21. The fraction of sp³-hybridized carbons (Fsp3) is 0.538. The van der Waals surface area contributed by atoms with Crippen molar-refractivity contribution in [3.05, 3.63) is 29.3 Å². The first-order valence-electron chi connectivity index (χ1n) is 6.07. The minimum absolute atomic E-state index is 0.102. The van der Waals surface area contributed by atoms with Crippen LogP contribution in [-0.4, -0.2) is 21.0 Å². The maximum absolute atomic E-state index is 12.2. The van der Waals surface area contributed by atoms with Gasteiger partial charge in [-0.15, -0.1) is 0 Å². The van der Waals surface area contributed by atoms with Gasteiger partial charge in [0.25, 0.3) is 0 Å². The Morgan fingerprint density at radius 3 is 2.39 bits per heavy atom. The molecule has 0 aliphatic rings. The molecule has 2 unspecified atom stereocenters. The molecule has 0 amide bonds. The number of aryl methyl sites for hydroxylation is 2. The molecule has 0 heterocycles. The molecule has 4 nitrogen and oxygen atoms in total. The Kier molecular flexibility index (Phi) is 4.90. The van der Waals surface area contributed by atoms with E-state index in [0.29, 0.717) is 11.4 Å². The van der Waals surface area contributed by atoms with Gasteiger partial charge in [-0.05, 0) is 44.9 Å². The molecule has 0 radical (unpaired) electrons. The molecule has 5 heteroatoms. The highest BCUT2D eigenvalue weighted by molar-refractivity contribution is 7.89. The highest BCUT2D eigenvalue weighted by atomic mass is 32.2. The van der Waals surface area contributed by atoms with Crippen molar-refractivity contribution in [2.45, 2.75) is 38.6 Å². The fourth-order valence-corrected chi connectivity index (χ4v) is 3.31. The molecule has 2 atom stereocenters. The van der Waals surface area contributed by atoms with E-state index in [-0.39, 0.29) is 12.0 Å². The lowest BCUT2D eigenvalue weighted by Gasteiger charge is -2.20. The van der Waals surface area contributed by atoms with Crippen molar-refractivity contribution in [2.75, 3.05) is 6.54 Å². The Hall–Kier alpha value is -0.910. The van der Waals surface area contributed by atoms with Crippen LogP contribution in [0.3, 0.4) is 0 Å². The molecular formula is C13H22N2O2S. The van der Waals surface area contributed by atoms with Gasteiger partial charge in [-0.25, -0.2) is 13.1 Å². The maximum Gasteiger partial charge on any atom is 0.241 e. The van der Waals surface area contributed by atoms with Crippen molar-refractivity contribution in [1.82, 2.24) is 4.72 Å². The number of sulfonamides is 1. The molecule has 1 aromatic rings. The van der Waals surface area contributed by atoms with Crippen molar-refractivity contribution in [2.24, 2.45) is 11.7 Å². The fourth-order valence-electron chi connectivity index (χ4n) is 1.73. The van der Waals surface area contributed by atoms with Gasteiger partial charge in [0, 0.05) is 6.04 Å². The van der Waals surface area contributed by atoms with Gasteiger partial charge < -0.3 is 5.73 Å². The normalized spacial score (nSPS) is 15.4.